The summed E-state index contributed by atoms with van der Waals surface area (Å²) in [5, 5.41) is 23.1. The van der Waals surface area contributed by atoms with Gasteiger partial charge in [-0.05, 0) is 38.6 Å². The fourth-order valence-electron chi connectivity index (χ4n) is 2.44. The topological polar surface area (TPSA) is 82.2 Å². The van der Waals surface area contributed by atoms with Crippen LogP contribution in [0, 0.1) is 21.4 Å². The lowest BCUT2D eigenvalue weighted by atomic mass is 10.1. The quantitative estimate of drug-likeness (QED) is 0.661. The zero-order valence-electron chi connectivity index (χ0n) is 10.8. The van der Waals surface area contributed by atoms with Gasteiger partial charge in [-0.15, -0.1) is 0 Å². The van der Waals surface area contributed by atoms with Crippen molar-refractivity contribution >= 4 is 11.4 Å². The standard InChI is InChI=1S/C13H16N4O2/c1-16-7-3-5-11(16)9-15-12-6-2-4-10(8-14)13(12)17(18)19/h2,4,6,11,15H,3,5,7,9H2,1H3. The highest BCUT2D eigenvalue weighted by Crippen LogP contribution is 2.28. The molecular formula is C13H16N4O2. The second-order valence-corrected chi connectivity index (χ2v) is 4.73. The molecule has 1 fully saturated rings. The molecule has 1 aromatic rings. The molecule has 0 aromatic heterocycles. The predicted molar refractivity (Wildman–Crippen MR) is 72.0 cm³/mol. The maximum atomic E-state index is 11.1. The van der Waals surface area contributed by atoms with E-state index < -0.39 is 4.92 Å². The summed E-state index contributed by atoms with van der Waals surface area (Å²) in [6, 6.07) is 7.02. The van der Waals surface area contributed by atoms with Gasteiger partial charge in [0.05, 0.1) is 4.92 Å². The Kier molecular flexibility index (Phi) is 3.97. The van der Waals surface area contributed by atoms with Gasteiger partial charge in [0.2, 0.25) is 0 Å². The molecule has 6 heteroatoms. The Morgan fingerprint density at radius 1 is 1.63 bits per heavy atom. The van der Waals surface area contributed by atoms with Crippen LogP contribution in [-0.2, 0) is 0 Å². The zero-order chi connectivity index (χ0) is 13.8. The molecule has 1 aliphatic rings. The van der Waals surface area contributed by atoms with Crippen LogP contribution in [0.5, 0.6) is 0 Å². The summed E-state index contributed by atoms with van der Waals surface area (Å²) in [6.45, 7) is 1.72. The van der Waals surface area contributed by atoms with Crippen molar-refractivity contribution in [2.24, 2.45) is 0 Å². The first kappa shape index (κ1) is 13.3. The van der Waals surface area contributed by atoms with Gasteiger partial charge < -0.3 is 10.2 Å². The minimum absolute atomic E-state index is 0.0924. The second-order valence-electron chi connectivity index (χ2n) is 4.73. The lowest BCUT2D eigenvalue weighted by Crippen LogP contribution is -2.31. The number of nitrogens with zero attached hydrogens (tertiary/aromatic N) is 3. The molecule has 0 spiro atoms. The molecule has 1 unspecified atom stereocenters. The molecule has 1 aromatic carbocycles. The summed E-state index contributed by atoms with van der Waals surface area (Å²) in [5.41, 5.74) is 0.379. The summed E-state index contributed by atoms with van der Waals surface area (Å²) < 4.78 is 0. The van der Waals surface area contributed by atoms with Crippen molar-refractivity contribution in [2.75, 3.05) is 25.5 Å². The highest BCUT2D eigenvalue weighted by atomic mass is 16.6. The van der Waals surface area contributed by atoms with Crippen LogP contribution in [0.3, 0.4) is 0 Å². The molecule has 19 heavy (non-hydrogen) atoms. The van der Waals surface area contributed by atoms with Crippen molar-refractivity contribution < 1.29 is 4.92 Å². The molecule has 0 aliphatic carbocycles. The Morgan fingerprint density at radius 2 is 2.42 bits per heavy atom. The Balaban J connectivity index is 2.16. The van der Waals surface area contributed by atoms with Crippen LogP contribution in [0.1, 0.15) is 18.4 Å². The van der Waals surface area contributed by atoms with Crippen LogP contribution in [0.4, 0.5) is 11.4 Å². The number of likely N-dealkylation sites (tertiary alicyclic amines) is 1. The highest BCUT2D eigenvalue weighted by Gasteiger charge is 2.23. The first-order valence-electron chi connectivity index (χ1n) is 6.25. The van der Waals surface area contributed by atoms with Gasteiger partial charge in [0.15, 0.2) is 0 Å². The Bertz CT molecular complexity index is 524. The van der Waals surface area contributed by atoms with Gasteiger partial charge in [0.25, 0.3) is 0 Å². The Morgan fingerprint density at radius 3 is 3.00 bits per heavy atom. The van der Waals surface area contributed by atoms with Crippen molar-refractivity contribution in [3.8, 4) is 6.07 Å². The molecule has 0 bridgehead atoms. The largest absolute Gasteiger partial charge is 0.378 e. The second kappa shape index (κ2) is 5.67. The molecule has 0 radical (unpaired) electrons. The van der Waals surface area contributed by atoms with Crippen LogP contribution < -0.4 is 5.32 Å². The van der Waals surface area contributed by atoms with Crippen molar-refractivity contribution in [1.82, 2.24) is 4.90 Å². The number of anilines is 1. The molecule has 1 aliphatic heterocycles. The van der Waals surface area contributed by atoms with E-state index in [1.807, 2.05) is 6.07 Å². The van der Waals surface area contributed by atoms with Gasteiger partial charge in [-0.3, -0.25) is 10.1 Å². The van der Waals surface area contributed by atoms with Crippen molar-refractivity contribution in [2.45, 2.75) is 18.9 Å². The van der Waals surface area contributed by atoms with Gasteiger partial charge in [-0.25, -0.2) is 0 Å². The van der Waals surface area contributed by atoms with E-state index in [-0.39, 0.29) is 11.3 Å². The van der Waals surface area contributed by atoms with Crippen LogP contribution in [0.15, 0.2) is 18.2 Å². The number of nitrogens with one attached hydrogen (secondary N) is 1. The fraction of sp³-hybridized carbons (Fsp3) is 0.462. The van der Waals surface area contributed by atoms with Crippen molar-refractivity contribution in [3.63, 3.8) is 0 Å². The number of para-hydroxylation sites is 1. The number of hydrogen-bond donors (Lipinski definition) is 1. The van der Waals surface area contributed by atoms with Crippen LogP contribution in [0.2, 0.25) is 0 Å². The van der Waals surface area contributed by atoms with Gasteiger partial charge in [-0.2, -0.15) is 5.26 Å². The van der Waals surface area contributed by atoms with E-state index in [0.717, 1.165) is 19.4 Å². The number of rotatable bonds is 4. The first-order valence-corrected chi connectivity index (χ1v) is 6.25. The van der Waals surface area contributed by atoms with Gasteiger partial charge in [0.1, 0.15) is 17.3 Å². The number of nitriles is 1. The molecule has 1 atom stereocenters. The van der Waals surface area contributed by atoms with Gasteiger partial charge in [-0.1, -0.05) is 6.07 Å². The fourth-order valence-corrected chi connectivity index (χ4v) is 2.44. The lowest BCUT2D eigenvalue weighted by molar-refractivity contribution is -0.384. The third-order valence-corrected chi connectivity index (χ3v) is 3.54. The smallest absolute Gasteiger partial charge is 0.309 e. The van der Waals surface area contributed by atoms with E-state index in [9.17, 15) is 10.1 Å². The van der Waals surface area contributed by atoms with Crippen LogP contribution >= 0.6 is 0 Å². The van der Waals surface area contributed by atoms with Crippen molar-refractivity contribution in [1.29, 1.82) is 5.26 Å². The molecule has 2 rings (SSSR count). The average Bonchev–Trinajstić information content (AvgIpc) is 2.81. The summed E-state index contributed by atoms with van der Waals surface area (Å²) in [5.74, 6) is 0. The normalized spacial score (nSPS) is 19.1. The van der Waals surface area contributed by atoms with E-state index in [2.05, 4.69) is 17.3 Å². The van der Waals surface area contributed by atoms with E-state index in [1.165, 1.54) is 6.07 Å². The molecule has 0 saturated carbocycles. The third kappa shape index (κ3) is 2.83. The minimum atomic E-state index is -0.501. The predicted octanol–water partition coefficient (Wildman–Crippen LogP) is 1.97. The number of likely N-dealkylation sites (N-methyl/N-ethyl adjacent to an activating group) is 1. The molecule has 6 nitrogen and oxygen atoms in total. The average molecular weight is 260 g/mol. The maximum Gasteiger partial charge on any atom is 0.309 e. The molecule has 1 N–H and O–H groups in total. The third-order valence-electron chi connectivity index (χ3n) is 3.54. The number of nitro groups is 1. The number of hydrogen-bond acceptors (Lipinski definition) is 5. The highest BCUT2D eigenvalue weighted by molar-refractivity contribution is 5.68. The minimum Gasteiger partial charge on any atom is -0.378 e. The molecular weight excluding hydrogens is 244 g/mol. The van der Waals surface area contributed by atoms with Crippen LogP contribution in [0.25, 0.3) is 0 Å². The zero-order valence-corrected chi connectivity index (χ0v) is 10.8. The van der Waals surface area contributed by atoms with E-state index in [4.69, 9.17) is 5.26 Å². The Hall–Kier alpha value is -2.13. The van der Waals surface area contributed by atoms with E-state index in [0.29, 0.717) is 18.3 Å². The summed E-state index contributed by atoms with van der Waals surface area (Å²) in [4.78, 5) is 12.8. The SMILES string of the molecule is CN1CCCC1CNc1cccc(C#N)c1[N+](=O)[O-]. The maximum absolute atomic E-state index is 11.1. The van der Waals surface area contributed by atoms with Crippen molar-refractivity contribution in [3.05, 3.63) is 33.9 Å². The number of nitro benzene ring substituents is 1. The summed E-state index contributed by atoms with van der Waals surface area (Å²) in [7, 11) is 2.06. The first-order chi connectivity index (χ1) is 9.13. The molecule has 1 heterocycles. The Labute approximate surface area is 111 Å². The molecule has 1 saturated heterocycles. The van der Waals surface area contributed by atoms with Gasteiger partial charge >= 0.3 is 5.69 Å². The number of benzene rings is 1. The van der Waals surface area contributed by atoms with Crippen LogP contribution in [-0.4, -0.2) is 36.0 Å². The monoisotopic (exact) mass is 260 g/mol. The van der Waals surface area contributed by atoms with E-state index >= 15 is 0 Å². The summed E-state index contributed by atoms with van der Waals surface area (Å²) >= 11 is 0. The summed E-state index contributed by atoms with van der Waals surface area (Å²) in [6.07, 6.45) is 2.25. The van der Waals surface area contributed by atoms with E-state index in [1.54, 1.807) is 12.1 Å². The molecule has 0 amide bonds. The molecule has 100 valence electrons. The lowest BCUT2D eigenvalue weighted by Gasteiger charge is -2.20. The van der Waals surface area contributed by atoms with Gasteiger partial charge in [0, 0.05) is 12.6 Å².